The van der Waals surface area contributed by atoms with Crippen LogP contribution in [0.4, 0.5) is 0 Å². The van der Waals surface area contributed by atoms with Gasteiger partial charge in [0.25, 0.3) is 11.5 Å². The lowest BCUT2D eigenvalue weighted by Gasteiger charge is -2.23. The number of nitrogens with one attached hydrogen (secondary N) is 2. The minimum Gasteiger partial charge on any atom is -0.334 e. The molecule has 0 aliphatic carbocycles. The summed E-state index contributed by atoms with van der Waals surface area (Å²) in [6, 6.07) is 2.11. The monoisotopic (exact) mass is 261 g/mol. The molecule has 0 spiro atoms. The van der Waals surface area contributed by atoms with E-state index in [4.69, 9.17) is 0 Å². The Morgan fingerprint density at radius 2 is 2.16 bits per heavy atom. The molecule has 0 saturated carbocycles. The maximum Gasteiger partial charge on any atom is 0.261 e. The van der Waals surface area contributed by atoms with Gasteiger partial charge in [-0.25, -0.2) is 0 Å². The Morgan fingerprint density at radius 3 is 2.89 bits per heavy atom. The van der Waals surface area contributed by atoms with Gasteiger partial charge in [-0.3, -0.25) is 9.59 Å². The number of amides is 1. The summed E-state index contributed by atoms with van der Waals surface area (Å²) in [7, 11) is 0. The second-order valence-corrected chi connectivity index (χ2v) is 5.61. The van der Waals surface area contributed by atoms with E-state index < -0.39 is 0 Å². The molecular formula is C14H19N3O2. The van der Waals surface area contributed by atoms with Crippen LogP contribution in [0.15, 0.2) is 10.9 Å². The van der Waals surface area contributed by atoms with Crippen LogP contribution in [-0.4, -0.2) is 41.5 Å². The summed E-state index contributed by atoms with van der Waals surface area (Å²) in [5, 5.41) is 3.32. The summed E-state index contributed by atoms with van der Waals surface area (Å²) in [6.07, 6.45) is 1.03. The van der Waals surface area contributed by atoms with Crippen LogP contribution in [0.25, 0.3) is 0 Å². The van der Waals surface area contributed by atoms with Crippen molar-refractivity contribution in [1.29, 1.82) is 0 Å². The van der Waals surface area contributed by atoms with Gasteiger partial charge in [0.1, 0.15) is 5.56 Å². The zero-order valence-electron chi connectivity index (χ0n) is 11.3. The maximum absolute atomic E-state index is 12.6. The van der Waals surface area contributed by atoms with Gasteiger partial charge in [0.15, 0.2) is 0 Å². The molecule has 2 fully saturated rings. The average Bonchev–Trinajstić information content (AvgIpc) is 2.87. The lowest BCUT2D eigenvalue weighted by molar-refractivity contribution is 0.0734. The van der Waals surface area contributed by atoms with Crippen molar-refractivity contribution in [2.24, 2.45) is 5.92 Å². The fourth-order valence-corrected chi connectivity index (χ4v) is 3.36. The third-order valence-corrected chi connectivity index (χ3v) is 4.29. The van der Waals surface area contributed by atoms with Gasteiger partial charge in [-0.1, -0.05) is 0 Å². The third-order valence-electron chi connectivity index (χ3n) is 4.29. The number of nitrogens with zero attached hydrogens (tertiary/aromatic N) is 1. The molecule has 0 radical (unpaired) electrons. The number of carbonyl (C=O) groups excluding carboxylic acids is 1. The first-order valence-electron chi connectivity index (χ1n) is 6.80. The quantitative estimate of drug-likeness (QED) is 0.770. The summed E-state index contributed by atoms with van der Waals surface area (Å²) in [4.78, 5) is 29.3. The normalized spacial score (nSPS) is 25.7. The van der Waals surface area contributed by atoms with Crippen LogP contribution >= 0.6 is 0 Å². The van der Waals surface area contributed by atoms with Crippen molar-refractivity contribution in [2.75, 3.05) is 19.6 Å². The van der Waals surface area contributed by atoms with Gasteiger partial charge >= 0.3 is 0 Å². The second-order valence-electron chi connectivity index (χ2n) is 5.61. The van der Waals surface area contributed by atoms with Crippen LogP contribution in [0.5, 0.6) is 0 Å². The Bertz CT molecular complexity index is 579. The summed E-state index contributed by atoms with van der Waals surface area (Å²) in [5.74, 6) is 0.434. The van der Waals surface area contributed by atoms with Gasteiger partial charge in [0.2, 0.25) is 0 Å². The van der Waals surface area contributed by atoms with Crippen LogP contribution in [0.1, 0.15) is 28.0 Å². The lowest BCUT2D eigenvalue weighted by atomic mass is 10.0. The predicted octanol–water partition coefficient (Wildman–Crippen LogP) is 0.426. The van der Waals surface area contributed by atoms with Crippen molar-refractivity contribution in [3.8, 4) is 0 Å². The van der Waals surface area contributed by atoms with Gasteiger partial charge in [-0.05, 0) is 37.8 Å². The summed E-state index contributed by atoms with van der Waals surface area (Å²) < 4.78 is 0. The first-order valence-corrected chi connectivity index (χ1v) is 6.80. The fourth-order valence-electron chi connectivity index (χ4n) is 3.36. The number of pyridine rings is 1. The summed E-state index contributed by atoms with van der Waals surface area (Å²) in [6.45, 7) is 6.25. The number of rotatable bonds is 1. The maximum atomic E-state index is 12.6. The SMILES string of the molecule is Cc1cc(C)c(C(=O)N2CC[C@@H]3CNC[C@@H]32)c(=O)[nH]1. The Hall–Kier alpha value is -1.62. The van der Waals surface area contributed by atoms with Crippen LogP contribution in [0.3, 0.4) is 0 Å². The highest BCUT2D eigenvalue weighted by molar-refractivity contribution is 5.95. The van der Waals surface area contributed by atoms with E-state index in [9.17, 15) is 9.59 Å². The van der Waals surface area contributed by atoms with Gasteiger partial charge in [0.05, 0.1) is 0 Å². The second kappa shape index (κ2) is 4.49. The molecule has 1 aromatic heterocycles. The standard InChI is InChI=1S/C14H19N3O2/c1-8-5-9(2)16-13(18)12(8)14(19)17-4-3-10-6-15-7-11(10)17/h5,10-11,15H,3-4,6-7H2,1-2H3,(H,16,18)/t10-,11+/m1/s1. The summed E-state index contributed by atoms with van der Waals surface area (Å²) >= 11 is 0. The van der Waals surface area contributed by atoms with Gasteiger partial charge in [-0.2, -0.15) is 0 Å². The number of aromatic nitrogens is 1. The Kier molecular flexibility index (Phi) is 2.93. The minimum atomic E-state index is -0.267. The smallest absolute Gasteiger partial charge is 0.261 e. The van der Waals surface area contributed by atoms with Crippen molar-refractivity contribution in [3.63, 3.8) is 0 Å². The molecule has 2 N–H and O–H groups in total. The number of H-pyrrole nitrogens is 1. The first-order chi connectivity index (χ1) is 9.08. The number of aromatic amines is 1. The Balaban J connectivity index is 1.95. The molecule has 5 nitrogen and oxygen atoms in total. The van der Waals surface area contributed by atoms with E-state index in [2.05, 4.69) is 10.3 Å². The molecular weight excluding hydrogens is 242 g/mol. The molecule has 5 heteroatoms. The van der Waals surface area contributed by atoms with Gasteiger partial charge in [0, 0.05) is 31.4 Å². The number of hydrogen-bond acceptors (Lipinski definition) is 3. The molecule has 0 aromatic carbocycles. The van der Waals surface area contributed by atoms with Gasteiger partial charge in [-0.15, -0.1) is 0 Å². The molecule has 3 rings (SSSR count). The number of fused-ring (bicyclic) bond motifs is 1. The topological polar surface area (TPSA) is 65.2 Å². The van der Waals surface area contributed by atoms with E-state index in [1.165, 1.54) is 0 Å². The lowest BCUT2D eigenvalue weighted by Crippen LogP contribution is -2.41. The van der Waals surface area contributed by atoms with E-state index in [-0.39, 0.29) is 17.5 Å². The van der Waals surface area contributed by atoms with E-state index in [1.807, 2.05) is 24.8 Å². The van der Waals surface area contributed by atoms with Crippen molar-refractivity contribution >= 4 is 5.91 Å². The molecule has 102 valence electrons. The van der Waals surface area contributed by atoms with E-state index in [0.717, 1.165) is 37.3 Å². The zero-order valence-corrected chi connectivity index (χ0v) is 11.3. The molecule has 2 atom stereocenters. The van der Waals surface area contributed by atoms with Crippen molar-refractivity contribution < 1.29 is 4.79 Å². The number of likely N-dealkylation sites (tertiary alicyclic amines) is 1. The largest absolute Gasteiger partial charge is 0.334 e. The highest BCUT2D eigenvalue weighted by atomic mass is 16.2. The van der Waals surface area contributed by atoms with Crippen molar-refractivity contribution in [2.45, 2.75) is 26.3 Å². The average molecular weight is 261 g/mol. The Morgan fingerprint density at radius 1 is 1.37 bits per heavy atom. The molecule has 3 heterocycles. The third kappa shape index (κ3) is 1.98. The molecule has 0 bridgehead atoms. The number of aryl methyl sites for hydroxylation is 2. The highest BCUT2D eigenvalue weighted by Gasteiger charge is 2.40. The molecule has 2 aliphatic heterocycles. The van der Waals surface area contributed by atoms with E-state index >= 15 is 0 Å². The molecule has 0 unspecified atom stereocenters. The first kappa shape index (κ1) is 12.4. The van der Waals surface area contributed by atoms with Crippen molar-refractivity contribution in [1.82, 2.24) is 15.2 Å². The predicted molar refractivity (Wildman–Crippen MR) is 72.3 cm³/mol. The fraction of sp³-hybridized carbons (Fsp3) is 0.571. The minimum absolute atomic E-state index is 0.116. The number of carbonyl (C=O) groups is 1. The van der Waals surface area contributed by atoms with Gasteiger partial charge < -0.3 is 15.2 Å². The van der Waals surface area contributed by atoms with Crippen LogP contribution in [-0.2, 0) is 0 Å². The Labute approximate surface area is 112 Å². The van der Waals surface area contributed by atoms with E-state index in [1.54, 1.807) is 0 Å². The molecule has 1 aromatic rings. The zero-order chi connectivity index (χ0) is 13.6. The number of hydrogen-bond donors (Lipinski definition) is 2. The van der Waals surface area contributed by atoms with Crippen molar-refractivity contribution in [3.05, 3.63) is 33.2 Å². The molecule has 1 amide bonds. The summed E-state index contributed by atoms with van der Waals surface area (Å²) in [5.41, 5.74) is 1.59. The van der Waals surface area contributed by atoms with Crippen LogP contribution in [0, 0.1) is 19.8 Å². The van der Waals surface area contributed by atoms with Crippen LogP contribution < -0.4 is 10.9 Å². The molecule has 2 aliphatic rings. The van der Waals surface area contributed by atoms with Crippen LogP contribution in [0.2, 0.25) is 0 Å². The molecule has 19 heavy (non-hydrogen) atoms. The van der Waals surface area contributed by atoms with E-state index in [0.29, 0.717) is 11.5 Å². The highest BCUT2D eigenvalue weighted by Crippen LogP contribution is 2.28. The molecule has 2 saturated heterocycles.